The van der Waals surface area contributed by atoms with E-state index in [1.807, 2.05) is 73.7 Å². The van der Waals surface area contributed by atoms with E-state index in [9.17, 15) is 4.79 Å². The predicted molar refractivity (Wildman–Crippen MR) is 112 cm³/mol. The zero-order valence-corrected chi connectivity index (χ0v) is 16.5. The lowest BCUT2D eigenvalue weighted by Crippen LogP contribution is -2.30. The van der Waals surface area contributed by atoms with Crippen molar-refractivity contribution < 1.29 is 9.53 Å². The van der Waals surface area contributed by atoms with E-state index in [0.717, 1.165) is 22.6 Å². The highest BCUT2D eigenvalue weighted by atomic mass is 35.5. The number of nitrogens with one attached hydrogen (secondary N) is 1. The minimum atomic E-state index is -0.269. The number of pyridine rings is 1. The maximum Gasteiger partial charge on any atom is 0.220 e. The van der Waals surface area contributed by atoms with Crippen molar-refractivity contribution >= 4 is 17.5 Å². The van der Waals surface area contributed by atoms with Crippen LogP contribution in [0.25, 0.3) is 0 Å². The van der Waals surface area contributed by atoms with E-state index in [0.29, 0.717) is 24.5 Å². The van der Waals surface area contributed by atoms with Crippen LogP contribution in [0.3, 0.4) is 0 Å². The van der Waals surface area contributed by atoms with Gasteiger partial charge in [0.25, 0.3) is 0 Å². The number of amides is 1. The van der Waals surface area contributed by atoms with Crippen LogP contribution in [0, 0.1) is 6.92 Å². The standard InChI is InChI=1S/C23H23ClN2O2/c1-17-16-19(12-13-20(17)24)28-15-7-11-22(27)26-23(18-8-3-2-4-9-18)21-10-5-6-14-25-21/h2-6,8-10,12-14,16,23H,7,11,15H2,1H3,(H,26,27). The maximum absolute atomic E-state index is 12.5. The van der Waals surface area contributed by atoms with Crippen molar-refractivity contribution in [2.45, 2.75) is 25.8 Å². The molecular weight excluding hydrogens is 372 g/mol. The average Bonchev–Trinajstić information content (AvgIpc) is 2.73. The van der Waals surface area contributed by atoms with Gasteiger partial charge in [-0.2, -0.15) is 0 Å². The molecule has 3 rings (SSSR count). The molecule has 0 radical (unpaired) electrons. The van der Waals surface area contributed by atoms with Crippen LogP contribution in [0.4, 0.5) is 0 Å². The smallest absolute Gasteiger partial charge is 0.220 e. The third-order valence-corrected chi connectivity index (χ3v) is 4.79. The van der Waals surface area contributed by atoms with Crippen molar-refractivity contribution in [3.05, 3.63) is 94.8 Å². The Balaban J connectivity index is 1.54. The van der Waals surface area contributed by atoms with E-state index in [2.05, 4.69) is 10.3 Å². The van der Waals surface area contributed by atoms with Gasteiger partial charge in [-0.05, 0) is 54.8 Å². The van der Waals surface area contributed by atoms with Gasteiger partial charge in [0, 0.05) is 17.6 Å². The van der Waals surface area contributed by atoms with Crippen LogP contribution in [0.2, 0.25) is 5.02 Å². The first kappa shape index (κ1) is 19.9. The van der Waals surface area contributed by atoms with Crippen LogP contribution in [-0.2, 0) is 4.79 Å². The van der Waals surface area contributed by atoms with E-state index < -0.39 is 0 Å². The SMILES string of the molecule is Cc1cc(OCCCC(=O)NC(c2ccccc2)c2ccccn2)ccc1Cl. The van der Waals surface area contributed by atoms with Crippen LogP contribution in [0.1, 0.15) is 35.7 Å². The Labute approximate surface area is 170 Å². The molecule has 0 aliphatic carbocycles. The Morgan fingerprint density at radius 3 is 2.61 bits per heavy atom. The third kappa shape index (κ3) is 5.57. The molecule has 0 spiro atoms. The molecule has 144 valence electrons. The highest BCUT2D eigenvalue weighted by Gasteiger charge is 2.17. The summed E-state index contributed by atoms with van der Waals surface area (Å²) in [7, 11) is 0. The second-order valence-corrected chi connectivity index (χ2v) is 6.94. The van der Waals surface area contributed by atoms with Gasteiger partial charge in [0.2, 0.25) is 5.91 Å². The van der Waals surface area contributed by atoms with Gasteiger partial charge in [-0.15, -0.1) is 0 Å². The quantitative estimate of drug-likeness (QED) is 0.540. The zero-order valence-electron chi connectivity index (χ0n) is 15.8. The van der Waals surface area contributed by atoms with Crippen LogP contribution < -0.4 is 10.1 Å². The van der Waals surface area contributed by atoms with E-state index in [4.69, 9.17) is 16.3 Å². The van der Waals surface area contributed by atoms with Gasteiger partial charge in [-0.1, -0.05) is 48.0 Å². The number of ether oxygens (including phenoxy) is 1. The van der Waals surface area contributed by atoms with Crippen molar-refractivity contribution in [3.63, 3.8) is 0 Å². The fourth-order valence-corrected chi connectivity index (χ4v) is 3.00. The number of aromatic nitrogens is 1. The summed E-state index contributed by atoms with van der Waals surface area (Å²) in [4.78, 5) is 16.9. The van der Waals surface area contributed by atoms with Crippen LogP contribution in [0.5, 0.6) is 5.75 Å². The van der Waals surface area contributed by atoms with Crippen molar-refractivity contribution in [1.29, 1.82) is 0 Å². The molecule has 0 saturated heterocycles. The Hall–Kier alpha value is -2.85. The highest BCUT2D eigenvalue weighted by molar-refractivity contribution is 6.31. The summed E-state index contributed by atoms with van der Waals surface area (Å²) in [6, 6.07) is 20.8. The minimum absolute atomic E-state index is 0.0320. The molecule has 0 aliphatic rings. The fraction of sp³-hybridized carbons (Fsp3) is 0.217. The normalized spacial score (nSPS) is 11.6. The molecule has 0 saturated carbocycles. The number of aryl methyl sites for hydroxylation is 1. The second-order valence-electron chi connectivity index (χ2n) is 6.53. The minimum Gasteiger partial charge on any atom is -0.494 e. The van der Waals surface area contributed by atoms with Crippen LogP contribution in [0.15, 0.2) is 72.9 Å². The second kappa shape index (κ2) is 9.90. The molecule has 1 unspecified atom stereocenters. The van der Waals surface area contributed by atoms with Crippen LogP contribution >= 0.6 is 11.6 Å². The van der Waals surface area contributed by atoms with Crippen molar-refractivity contribution in [1.82, 2.24) is 10.3 Å². The predicted octanol–water partition coefficient (Wildman–Crippen LogP) is 5.11. The third-order valence-electron chi connectivity index (χ3n) is 4.37. The molecule has 0 fully saturated rings. The van der Waals surface area contributed by atoms with E-state index in [-0.39, 0.29) is 11.9 Å². The molecule has 1 amide bonds. The molecule has 1 atom stereocenters. The molecule has 2 aromatic carbocycles. The largest absolute Gasteiger partial charge is 0.494 e. The van der Waals surface area contributed by atoms with Gasteiger partial charge in [0.05, 0.1) is 18.3 Å². The summed E-state index contributed by atoms with van der Waals surface area (Å²) in [5.41, 5.74) is 2.79. The molecule has 28 heavy (non-hydrogen) atoms. The Bertz CT molecular complexity index is 861. The summed E-state index contributed by atoms with van der Waals surface area (Å²) in [5, 5.41) is 3.81. The summed E-state index contributed by atoms with van der Waals surface area (Å²) in [6.45, 7) is 2.40. The molecule has 1 aromatic heterocycles. The number of halogens is 1. The lowest BCUT2D eigenvalue weighted by Gasteiger charge is -2.19. The van der Waals surface area contributed by atoms with Gasteiger partial charge >= 0.3 is 0 Å². The first-order valence-electron chi connectivity index (χ1n) is 9.27. The van der Waals surface area contributed by atoms with Gasteiger partial charge < -0.3 is 10.1 Å². The van der Waals surface area contributed by atoms with E-state index in [1.165, 1.54) is 0 Å². The molecule has 0 aliphatic heterocycles. The molecule has 5 heteroatoms. The first-order chi connectivity index (χ1) is 13.6. The number of nitrogens with zero attached hydrogens (tertiary/aromatic N) is 1. The topological polar surface area (TPSA) is 51.2 Å². The summed E-state index contributed by atoms with van der Waals surface area (Å²) < 4.78 is 5.72. The van der Waals surface area contributed by atoms with Crippen molar-refractivity contribution in [3.8, 4) is 5.75 Å². The summed E-state index contributed by atoms with van der Waals surface area (Å²) in [5.74, 6) is 0.730. The molecule has 1 heterocycles. The highest BCUT2D eigenvalue weighted by Crippen LogP contribution is 2.22. The molecule has 4 nitrogen and oxygen atoms in total. The Kier molecular flexibility index (Phi) is 7.04. The van der Waals surface area contributed by atoms with E-state index >= 15 is 0 Å². The average molecular weight is 395 g/mol. The van der Waals surface area contributed by atoms with Crippen LogP contribution in [-0.4, -0.2) is 17.5 Å². The summed E-state index contributed by atoms with van der Waals surface area (Å²) >= 11 is 6.02. The monoisotopic (exact) mass is 394 g/mol. The van der Waals surface area contributed by atoms with Gasteiger partial charge in [0.15, 0.2) is 0 Å². The number of benzene rings is 2. The summed E-state index contributed by atoms with van der Waals surface area (Å²) in [6.07, 6.45) is 2.74. The lowest BCUT2D eigenvalue weighted by molar-refractivity contribution is -0.121. The Morgan fingerprint density at radius 1 is 1.11 bits per heavy atom. The zero-order chi connectivity index (χ0) is 19.8. The lowest BCUT2D eigenvalue weighted by atomic mass is 10.0. The molecule has 1 N–H and O–H groups in total. The van der Waals surface area contributed by atoms with Gasteiger partial charge in [-0.3, -0.25) is 9.78 Å². The number of hydrogen-bond acceptors (Lipinski definition) is 3. The molecular formula is C23H23ClN2O2. The maximum atomic E-state index is 12.5. The van der Waals surface area contributed by atoms with Gasteiger partial charge in [-0.25, -0.2) is 0 Å². The number of hydrogen-bond donors (Lipinski definition) is 1. The molecule has 0 bridgehead atoms. The van der Waals surface area contributed by atoms with E-state index in [1.54, 1.807) is 6.20 Å². The number of rotatable bonds is 8. The van der Waals surface area contributed by atoms with Gasteiger partial charge in [0.1, 0.15) is 5.75 Å². The Morgan fingerprint density at radius 2 is 1.89 bits per heavy atom. The van der Waals surface area contributed by atoms with Crippen molar-refractivity contribution in [2.24, 2.45) is 0 Å². The number of carbonyl (C=O) groups is 1. The van der Waals surface area contributed by atoms with Crippen molar-refractivity contribution in [2.75, 3.05) is 6.61 Å². The number of carbonyl (C=O) groups excluding carboxylic acids is 1. The first-order valence-corrected chi connectivity index (χ1v) is 9.65. The molecule has 3 aromatic rings. The fourth-order valence-electron chi connectivity index (χ4n) is 2.88.